The monoisotopic (exact) mass is 395 g/mol. The molecule has 3 rings (SSSR count). The molecule has 26 heavy (non-hydrogen) atoms. The van der Waals surface area contributed by atoms with Crippen LogP contribution in [0.25, 0.3) is 5.69 Å². The van der Waals surface area contributed by atoms with E-state index in [1.54, 1.807) is 24.3 Å². The van der Waals surface area contributed by atoms with Crippen LogP contribution in [0.3, 0.4) is 0 Å². The lowest BCUT2D eigenvalue weighted by atomic mass is 10.2. The number of carboxylic acid groups (broad SMARTS) is 1. The molecule has 2 N–H and O–H groups in total. The number of nitrogens with one attached hydrogen (secondary N) is 1. The summed E-state index contributed by atoms with van der Waals surface area (Å²) in [6, 6.07) is 9.31. The molecule has 0 radical (unpaired) electrons. The van der Waals surface area contributed by atoms with E-state index in [0.29, 0.717) is 10.7 Å². The zero-order valence-electron chi connectivity index (χ0n) is 12.9. The summed E-state index contributed by atoms with van der Waals surface area (Å²) in [5.74, 6) is -2.44. The van der Waals surface area contributed by atoms with Crippen LogP contribution in [0.15, 0.2) is 59.8 Å². The van der Waals surface area contributed by atoms with E-state index in [2.05, 4.69) is 9.82 Å². The highest BCUT2D eigenvalue weighted by molar-refractivity contribution is 7.92. The maximum atomic E-state index is 13.9. The van der Waals surface area contributed by atoms with Crippen LogP contribution < -0.4 is 4.72 Å². The normalized spacial score (nSPS) is 11.3. The molecule has 0 unspecified atom stereocenters. The first-order chi connectivity index (χ1) is 12.3. The molecule has 134 valence electrons. The number of para-hydroxylation sites is 1. The molecule has 0 aliphatic heterocycles. The number of halogens is 2. The minimum atomic E-state index is -4.35. The van der Waals surface area contributed by atoms with E-state index >= 15 is 0 Å². The maximum absolute atomic E-state index is 13.9. The van der Waals surface area contributed by atoms with Gasteiger partial charge in [-0.2, -0.15) is 5.10 Å². The lowest BCUT2D eigenvalue weighted by molar-refractivity contribution is 0.0696. The highest BCUT2D eigenvalue weighted by Gasteiger charge is 2.22. The number of rotatable bonds is 5. The second kappa shape index (κ2) is 6.77. The number of benzene rings is 2. The Morgan fingerprint density at radius 3 is 2.65 bits per heavy atom. The number of hydrogen-bond donors (Lipinski definition) is 2. The minimum Gasteiger partial charge on any atom is -0.478 e. The van der Waals surface area contributed by atoms with Gasteiger partial charge in [0.1, 0.15) is 10.7 Å². The summed E-state index contributed by atoms with van der Waals surface area (Å²) in [5, 5.41) is 13.4. The molecule has 1 aromatic heterocycles. The van der Waals surface area contributed by atoms with Crippen molar-refractivity contribution in [1.82, 2.24) is 9.78 Å². The van der Waals surface area contributed by atoms with Gasteiger partial charge in [0, 0.05) is 0 Å². The van der Waals surface area contributed by atoms with Gasteiger partial charge >= 0.3 is 5.97 Å². The largest absolute Gasteiger partial charge is 0.478 e. The molecule has 0 spiro atoms. The van der Waals surface area contributed by atoms with Crippen molar-refractivity contribution >= 4 is 33.3 Å². The van der Waals surface area contributed by atoms with Crippen molar-refractivity contribution in [3.05, 3.63) is 71.3 Å². The Hall–Kier alpha value is -2.91. The van der Waals surface area contributed by atoms with Gasteiger partial charge in [-0.1, -0.05) is 23.7 Å². The third-order valence-corrected chi connectivity index (χ3v) is 5.12. The van der Waals surface area contributed by atoms with Gasteiger partial charge < -0.3 is 5.11 Å². The number of nitrogens with zero attached hydrogens (tertiary/aromatic N) is 2. The number of sulfonamides is 1. The Bertz CT molecular complexity index is 1100. The number of hydrogen-bond acceptors (Lipinski definition) is 4. The molecule has 0 fully saturated rings. The van der Waals surface area contributed by atoms with E-state index in [9.17, 15) is 17.6 Å². The van der Waals surface area contributed by atoms with Gasteiger partial charge in [-0.15, -0.1) is 0 Å². The molecule has 0 aliphatic carbocycles. The van der Waals surface area contributed by atoms with Crippen LogP contribution in [0.2, 0.25) is 5.02 Å². The van der Waals surface area contributed by atoms with E-state index in [1.807, 2.05) is 0 Å². The molecular weight excluding hydrogens is 385 g/mol. The van der Waals surface area contributed by atoms with Crippen LogP contribution in [0.1, 0.15) is 10.4 Å². The first-order valence-corrected chi connectivity index (χ1v) is 8.99. The van der Waals surface area contributed by atoms with Gasteiger partial charge in [0.2, 0.25) is 0 Å². The maximum Gasteiger partial charge on any atom is 0.335 e. The Balaban J connectivity index is 1.93. The smallest absolute Gasteiger partial charge is 0.335 e. The third-order valence-electron chi connectivity index (χ3n) is 3.40. The van der Waals surface area contributed by atoms with E-state index in [0.717, 1.165) is 18.2 Å². The van der Waals surface area contributed by atoms with Crippen LogP contribution >= 0.6 is 11.6 Å². The van der Waals surface area contributed by atoms with Crippen LogP contribution in [0.5, 0.6) is 0 Å². The summed E-state index contributed by atoms with van der Waals surface area (Å²) < 4.78 is 42.2. The van der Waals surface area contributed by atoms with Gasteiger partial charge in [-0.3, -0.25) is 4.72 Å². The molecule has 0 atom stereocenters. The second-order valence-electron chi connectivity index (χ2n) is 5.18. The van der Waals surface area contributed by atoms with Gasteiger partial charge in [0.15, 0.2) is 0 Å². The van der Waals surface area contributed by atoms with Gasteiger partial charge in [0.25, 0.3) is 10.0 Å². The summed E-state index contributed by atoms with van der Waals surface area (Å²) in [4.78, 5) is 10.2. The van der Waals surface area contributed by atoms with E-state index in [-0.39, 0.29) is 11.3 Å². The summed E-state index contributed by atoms with van der Waals surface area (Å²) in [7, 11) is -4.35. The van der Waals surface area contributed by atoms with Crippen molar-refractivity contribution in [2.24, 2.45) is 0 Å². The molecular formula is C16H11ClFN3O4S. The van der Waals surface area contributed by atoms with Crippen molar-refractivity contribution in [3.63, 3.8) is 0 Å². The van der Waals surface area contributed by atoms with Gasteiger partial charge in [0.05, 0.1) is 34.4 Å². The molecule has 3 aromatic rings. The third kappa shape index (κ3) is 3.53. The Kier molecular flexibility index (Phi) is 4.66. The second-order valence-corrected chi connectivity index (χ2v) is 7.24. The number of anilines is 1. The number of carbonyl (C=O) groups is 1. The van der Waals surface area contributed by atoms with E-state index < -0.39 is 26.7 Å². The Labute approximate surface area is 152 Å². The fraction of sp³-hybridized carbons (Fsp3) is 0. The highest BCUT2D eigenvalue weighted by Crippen LogP contribution is 2.23. The molecule has 0 bridgehead atoms. The quantitative estimate of drug-likeness (QED) is 0.691. The highest BCUT2D eigenvalue weighted by atomic mass is 35.5. The SMILES string of the molecule is O=C(O)c1ccc(F)c(S(=O)(=O)Nc2cnn(-c3ccccc3Cl)c2)c1. The Morgan fingerprint density at radius 2 is 1.96 bits per heavy atom. The predicted octanol–water partition coefficient (Wildman–Crippen LogP) is 3.16. The van der Waals surface area contributed by atoms with Crippen LogP contribution in [0, 0.1) is 5.82 Å². The molecule has 7 nitrogen and oxygen atoms in total. The van der Waals surface area contributed by atoms with E-state index in [4.69, 9.17) is 16.7 Å². The first kappa shape index (κ1) is 17.9. The standard InChI is InChI=1S/C16H11ClFN3O4S/c17-12-3-1-2-4-14(12)21-9-11(8-19-21)20-26(24,25)15-7-10(16(22)23)5-6-13(15)18/h1-9,20H,(H,22,23). The number of aromatic nitrogens is 2. The minimum absolute atomic E-state index is 0.0602. The average molecular weight is 396 g/mol. The summed E-state index contributed by atoms with van der Waals surface area (Å²) in [5.41, 5.74) is 0.238. The molecule has 0 aliphatic rings. The summed E-state index contributed by atoms with van der Waals surface area (Å²) >= 11 is 6.06. The van der Waals surface area contributed by atoms with Crippen molar-refractivity contribution in [2.75, 3.05) is 4.72 Å². The average Bonchev–Trinajstić information content (AvgIpc) is 3.02. The van der Waals surface area contributed by atoms with Crippen LogP contribution in [0.4, 0.5) is 10.1 Å². The summed E-state index contributed by atoms with van der Waals surface area (Å²) in [6.45, 7) is 0. The van der Waals surface area contributed by atoms with Crippen molar-refractivity contribution in [2.45, 2.75) is 4.90 Å². The summed E-state index contributed by atoms with van der Waals surface area (Å²) in [6.07, 6.45) is 2.58. The zero-order chi connectivity index (χ0) is 18.9. The predicted molar refractivity (Wildman–Crippen MR) is 92.7 cm³/mol. The van der Waals surface area contributed by atoms with Crippen molar-refractivity contribution < 1.29 is 22.7 Å². The molecule has 0 saturated heterocycles. The van der Waals surface area contributed by atoms with Gasteiger partial charge in [-0.25, -0.2) is 22.3 Å². The molecule has 0 saturated carbocycles. The lowest BCUT2D eigenvalue weighted by Gasteiger charge is -2.08. The van der Waals surface area contributed by atoms with Gasteiger partial charge in [-0.05, 0) is 30.3 Å². The first-order valence-electron chi connectivity index (χ1n) is 7.13. The number of carboxylic acids is 1. The lowest BCUT2D eigenvalue weighted by Crippen LogP contribution is -2.15. The van der Waals surface area contributed by atoms with Crippen LogP contribution in [-0.2, 0) is 10.0 Å². The molecule has 0 amide bonds. The van der Waals surface area contributed by atoms with Crippen LogP contribution in [-0.4, -0.2) is 29.3 Å². The molecule has 10 heteroatoms. The Morgan fingerprint density at radius 1 is 1.23 bits per heavy atom. The van der Waals surface area contributed by atoms with Crippen molar-refractivity contribution in [1.29, 1.82) is 0 Å². The fourth-order valence-electron chi connectivity index (χ4n) is 2.20. The zero-order valence-corrected chi connectivity index (χ0v) is 14.5. The van der Waals surface area contributed by atoms with E-state index in [1.165, 1.54) is 17.1 Å². The fourth-order valence-corrected chi connectivity index (χ4v) is 3.55. The molecule has 1 heterocycles. The van der Waals surface area contributed by atoms with Crippen molar-refractivity contribution in [3.8, 4) is 5.69 Å². The topological polar surface area (TPSA) is 101 Å². The molecule has 2 aromatic carbocycles. The number of aromatic carboxylic acids is 1.